The van der Waals surface area contributed by atoms with Gasteiger partial charge in [-0.05, 0) is 30.2 Å². The van der Waals surface area contributed by atoms with Crippen LogP contribution in [0.25, 0.3) is 0 Å². The molecule has 0 aromatic heterocycles. The zero-order chi connectivity index (χ0) is 12.1. The van der Waals surface area contributed by atoms with Crippen LogP contribution in [0.1, 0.15) is 24.1 Å². The zero-order valence-electron chi connectivity index (χ0n) is 9.68. The highest BCUT2D eigenvalue weighted by molar-refractivity contribution is 6.30. The van der Waals surface area contributed by atoms with Crippen molar-refractivity contribution in [3.05, 3.63) is 70.7 Å². The molecular formula is C15H14ClN. The molecule has 2 rings (SSSR count). The number of rotatable bonds is 3. The Balaban J connectivity index is 2.08. The maximum Gasteiger partial charge on any atom is 0.0721 e. The lowest BCUT2D eigenvalue weighted by Gasteiger charge is -2.05. The molecule has 1 nitrogen and oxygen atoms in total. The first-order valence-corrected chi connectivity index (χ1v) is 5.97. The Labute approximate surface area is 107 Å². The van der Waals surface area contributed by atoms with Crippen molar-refractivity contribution in [2.45, 2.75) is 13.0 Å². The molecule has 0 saturated carbocycles. The van der Waals surface area contributed by atoms with Gasteiger partial charge in [-0.3, -0.25) is 4.99 Å². The van der Waals surface area contributed by atoms with Gasteiger partial charge >= 0.3 is 0 Å². The second-order valence-electron chi connectivity index (χ2n) is 3.92. The fourth-order valence-corrected chi connectivity index (χ4v) is 1.69. The molecule has 0 radical (unpaired) electrons. The van der Waals surface area contributed by atoms with E-state index in [0.717, 1.165) is 10.6 Å². The Morgan fingerprint density at radius 1 is 1.00 bits per heavy atom. The van der Waals surface area contributed by atoms with Gasteiger partial charge in [0.15, 0.2) is 0 Å². The lowest BCUT2D eigenvalue weighted by atomic mass is 10.1. The monoisotopic (exact) mass is 243 g/mol. The van der Waals surface area contributed by atoms with Crippen LogP contribution in [0, 0.1) is 0 Å². The predicted octanol–water partition coefficient (Wildman–Crippen LogP) is 4.52. The first-order valence-electron chi connectivity index (χ1n) is 5.59. The molecule has 0 aliphatic heterocycles. The number of hydrogen-bond acceptors (Lipinski definition) is 1. The molecule has 2 aromatic rings. The van der Waals surface area contributed by atoms with Gasteiger partial charge in [-0.25, -0.2) is 0 Å². The fourth-order valence-electron chi connectivity index (χ4n) is 1.56. The maximum atomic E-state index is 5.83. The Morgan fingerprint density at radius 3 is 2.29 bits per heavy atom. The van der Waals surface area contributed by atoms with Crippen molar-refractivity contribution in [2.24, 2.45) is 4.99 Å². The van der Waals surface area contributed by atoms with E-state index in [-0.39, 0.29) is 6.04 Å². The molecule has 0 aliphatic carbocycles. The van der Waals surface area contributed by atoms with Crippen molar-refractivity contribution < 1.29 is 0 Å². The molecule has 17 heavy (non-hydrogen) atoms. The normalized spacial score (nSPS) is 12.8. The number of halogens is 1. The quantitative estimate of drug-likeness (QED) is 0.703. The van der Waals surface area contributed by atoms with Crippen LogP contribution in [-0.2, 0) is 0 Å². The van der Waals surface area contributed by atoms with Crippen LogP contribution in [0.15, 0.2) is 59.6 Å². The maximum absolute atomic E-state index is 5.83. The van der Waals surface area contributed by atoms with Gasteiger partial charge < -0.3 is 0 Å². The Hall–Kier alpha value is -1.60. The van der Waals surface area contributed by atoms with E-state index in [0.29, 0.717) is 0 Å². The van der Waals surface area contributed by atoms with E-state index in [9.17, 15) is 0 Å². The second kappa shape index (κ2) is 5.65. The molecule has 0 heterocycles. The Kier molecular flexibility index (Phi) is 3.94. The summed E-state index contributed by atoms with van der Waals surface area (Å²) in [6.45, 7) is 2.09. The Morgan fingerprint density at radius 2 is 1.65 bits per heavy atom. The molecule has 0 N–H and O–H groups in total. The van der Waals surface area contributed by atoms with Gasteiger partial charge in [0.25, 0.3) is 0 Å². The van der Waals surface area contributed by atoms with E-state index in [1.165, 1.54) is 5.56 Å². The molecule has 86 valence electrons. The SMILES string of the molecule is C[C@H](/N=C/c1ccc(Cl)cc1)c1ccccc1. The number of hydrogen-bond donors (Lipinski definition) is 0. The van der Waals surface area contributed by atoms with E-state index < -0.39 is 0 Å². The fraction of sp³-hybridized carbons (Fsp3) is 0.133. The summed E-state index contributed by atoms with van der Waals surface area (Å²) in [7, 11) is 0. The summed E-state index contributed by atoms with van der Waals surface area (Å²) >= 11 is 5.83. The molecule has 0 spiro atoms. The van der Waals surface area contributed by atoms with Crippen LogP contribution >= 0.6 is 11.6 Å². The second-order valence-corrected chi connectivity index (χ2v) is 4.35. The number of nitrogens with zero attached hydrogens (tertiary/aromatic N) is 1. The molecule has 2 heteroatoms. The van der Waals surface area contributed by atoms with Crippen LogP contribution in [0.3, 0.4) is 0 Å². The van der Waals surface area contributed by atoms with Gasteiger partial charge in [0.2, 0.25) is 0 Å². The van der Waals surface area contributed by atoms with Crippen LogP contribution in [0.5, 0.6) is 0 Å². The molecule has 0 unspecified atom stereocenters. The van der Waals surface area contributed by atoms with E-state index in [1.54, 1.807) is 0 Å². The summed E-state index contributed by atoms with van der Waals surface area (Å²) in [6, 6.07) is 18.1. The third-order valence-electron chi connectivity index (χ3n) is 2.60. The highest BCUT2D eigenvalue weighted by Gasteiger charge is 2.00. The largest absolute Gasteiger partial charge is 0.285 e. The summed E-state index contributed by atoms with van der Waals surface area (Å²) in [6.07, 6.45) is 1.88. The molecule has 0 saturated heterocycles. The molecule has 0 fully saturated rings. The average molecular weight is 244 g/mol. The van der Waals surface area contributed by atoms with Crippen LogP contribution in [0.4, 0.5) is 0 Å². The lowest BCUT2D eigenvalue weighted by Crippen LogP contribution is -1.90. The number of benzene rings is 2. The van der Waals surface area contributed by atoms with Crippen molar-refractivity contribution in [1.29, 1.82) is 0 Å². The first kappa shape index (κ1) is 11.9. The van der Waals surface area contributed by atoms with Crippen molar-refractivity contribution >= 4 is 17.8 Å². The first-order chi connectivity index (χ1) is 8.25. The van der Waals surface area contributed by atoms with E-state index in [1.807, 2.05) is 48.7 Å². The zero-order valence-corrected chi connectivity index (χ0v) is 10.4. The minimum atomic E-state index is 0.173. The highest BCUT2D eigenvalue weighted by Crippen LogP contribution is 2.16. The third kappa shape index (κ3) is 3.43. The standard InChI is InChI=1S/C15H14ClN/c1-12(14-5-3-2-4-6-14)17-11-13-7-9-15(16)10-8-13/h2-12H,1H3/b17-11+/t12-/m0/s1. The third-order valence-corrected chi connectivity index (χ3v) is 2.85. The molecule has 0 aliphatic rings. The van der Waals surface area contributed by atoms with Gasteiger partial charge in [0.05, 0.1) is 6.04 Å². The smallest absolute Gasteiger partial charge is 0.0721 e. The molecule has 0 bridgehead atoms. The van der Waals surface area contributed by atoms with E-state index >= 15 is 0 Å². The van der Waals surface area contributed by atoms with Crippen LogP contribution < -0.4 is 0 Å². The minimum Gasteiger partial charge on any atom is -0.285 e. The molecule has 2 aromatic carbocycles. The van der Waals surface area contributed by atoms with Gasteiger partial charge in [0, 0.05) is 11.2 Å². The molecular weight excluding hydrogens is 230 g/mol. The minimum absolute atomic E-state index is 0.173. The van der Waals surface area contributed by atoms with Gasteiger partial charge in [-0.15, -0.1) is 0 Å². The van der Waals surface area contributed by atoms with E-state index in [2.05, 4.69) is 24.0 Å². The molecule has 0 amide bonds. The predicted molar refractivity (Wildman–Crippen MR) is 73.9 cm³/mol. The van der Waals surface area contributed by atoms with Crippen LogP contribution in [0.2, 0.25) is 5.02 Å². The summed E-state index contributed by atoms with van der Waals surface area (Å²) in [5.74, 6) is 0. The average Bonchev–Trinajstić information content (AvgIpc) is 2.39. The highest BCUT2D eigenvalue weighted by atomic mass is 35.5. The summed E-state index contributed by atoms with van der Waals surface area (Å²) in [4.78, 5) is 4.53. The van der Waals surface area contributed by atoms with Gasteiger partial charge in [0.1, 0.15) is 0 Å². The van der Waals surface area contributed by atoms with Gasteiger partial charge in [-0.2, -0.15) is 0 Å². The van der Waals surface area contributed by atoms with Crippen molar-refractivity contribution in [1.82, 2.24) is 0 Å². The summed E-state index contributed by atoms with van der Waals surface area (Å²) < 4.78 is 0. The van der Waals surface area contributed by atoms with E-state index in [4.69, 9.17) is 11.6 Å². The summed E-state index contributed by atoms with van der Waals surface area (Å²) in [5.41, 5.74) is 2.29. The number of aliphatic imine (C=N–C) groups is 1. The van der Waals surface area contributed by atoms with Gasteiger partial charge in [-0.1, -0.05) is 54.1 Å². The Bertz CT molecular complexity index is 488. The summed E-state index contributed by atoms with van der Waals surface area (Å²) in [5, 5.41) is 0.748. The molecule has 1 atom stereocenters. The lowest BCUT2D eigenvalue weighted by molar-refractivity contribution is 0.825. The topological polar surface area (TPSA) is 12.4 Å². The van der Waals surface area contributed by atoms with Crippen molar-refractivity contribution in [3.63, 3.8) is 0 Å². The van der Waals surface area contributed by atoms with Crippen LogP contribution in [-0.4, -0.2) is 6.21 Å². The van der Waals surface area contributed by atoms with Crippen molar-refractivity contribution in [2.75, 3.05) is 0 Å². The van der Waals surface area contributed by atoms with Crippen molar-refractivity contribution in [3.8, 4) is 0 Å².